The van der Waals surface area contributed by atoms with Crippen LogP contribution in [0.1, 0.15) is 57.4 Å². The Labute approximate surface area is 122 Å². The minimum atomic E-state index is 0.719. The molecule has 1 aliphatic carbocycles. The van der Waals surface area contributed by atoms with Gasteiger partial charge in [0.05, 0.1) is 5.01 Å². The van der Waals surface area contributed by atoms with Gasteiger partial charge in [0.15, 0.2) is 0 Å². The van der Waals surface area contributed by atoms with Gasteiger partial charge < -0.3 is 5.32 Å². The molecule has 108 valence electrons. The third kappa shape index (κ3) is 4.57. The molecule has 3 unspecified atom stereocenters. The summed E-state index contributed by atoms with van der Waals surface area (Å²) in [5.41, 5.74) is 0. The number of nitrogens with zero attached hydrogens (tertiary/aromatic N) is 1. The van der Waals surface area contributed by atoms with Crippen molar-refractivity contribution < 1.29 is 0 Å². The van der Waals surface area contributed by atoms with Crippen molar-refractivity contribution in [3.05, 3.63) is 16.6 Å². The van der Waals surface area contributed by atoms with Crippen molar-refractivity contribution >= 4 is 11.3 Å². The molecule has 0 aliphatic heterocycles. The summed E-state index contributed by atoms with van der Waals surface area (Å²) in [7, 11) is 0. The zero-order chi connectivity index (χ0) is 13.5. The molecular weight excluding hydrogens is 252 g/mol. The van der Waals surface area contributed by atoms with Crippen LogP contribution in [0.15, 0.2) is 11.6 Å². The van der Waals surface area contributed by atoms with Crippen LogP contribution in [0, 0.1) is 11.8 Å². The first-order valence-electron chi connectivity index (χ1n) is 7.95. The standard InChI is InChI=1S/C16H28N2S/c1-3-5-13-6-7-15(17-8-4-2)14(11-13)12-16-18-9-10-19-16/h9-10,13-15,17H,3-8,11-12H2,1-2H3. The quantitative estimate of drug-likeness (QED) is 0.807. The predicted octanol–water partition coefficient (Wildman–Crippen LogP) is 4.27. The summed E-state index contributed by atoms with van der Waals surface area (Å²) in [6.45, 7) is 5.74. The molecule has 0 bridgehead atoms. The SMILES string of the molecule is CCCNC1CCC(CCC)CC1Cc1nccs1. The largest absolute Gasteiger partial charge is 0.314 e. The molecule has 1 fully saturated rings. The highest BCUT2D eigenvalue weighted by molar-refractivity contribution is 7.09. The van der Waals surface area contributed by atoms with Crippen LogP contribution in [0.3, 0.4) is 0 Å². The van der Waals surface area contributed by atoms with Crippen LogP contribution in [0.5, 0.6) is 0 Å². The first-order chi connectivity index (χ1) is 9.33. The van der Waals surface area contributed by atoms with Crippen molar-refractivity contribution in [2.24, 2.45) is 11.8 Å². The van der Waals surface area contributed by atoms with Crippen LogP contribution in [0.2, 0.25) is 0 Å². The van der Waals surface area contributed by atoms with Gasteiger partial charge in [-0.3, -0.25) is 0 Å². The normalized spacial score (nSPS) is 27.6. The van der Waals surface area contributed by atoms with Crippen LogP contribution in [-0.4, -0.2) is 17.6 Å². The van der Waals surface area contributed by atoms with Crippen molar-refractivity contribution in [1.29, 1.82) is 0 Å². The van der Waals surface area contributed by atoms with Gasteiger partial charge in [-0.25, -0.2) is 4.98 Å². The van der Waals surface area contributed by atoms with E-state index in [1.54, 1.807) is 0 Å². The number of hydrogen-bond donors (Lipinski definition) is 1. The molecule has 1 heterocycles. The van der Waals surface area contributed by atoms with Crippen LogP contribution in [-0.2, 0) is 6.42 Å². The zero-order valence-corrected chi connectivity index (χ0v) is 13.2. The van der Waals surface area contributed by atoms with E-state index in [1.165, 1.54) is 50.0 Å². The van der Waals surface area contributed by atoms with Gasteiger partial charge in [-0.15, -0.1) is 11.3 Å². The highest BCUT2D eigenvalue weighted by atomic mass is 32.1. The lowest BCUT2D eigenvalue weighted by Crippen LogP contribution is -2.42. The van der Waals surface area contributed by atoms with E-state index in [2.05, 4.69) is 29.5 Å². The van der Waals surface area contributed by atoms with Crippen LogP contribution in [0.4, 0.5) is 0 Å². The third-order valence-electron chi connectivity index (χ3n) is 4.36. The number of rotatable bonds is 7. The lowest BCUT2D eigenvalue weighted by atomic mass is 9.75. The molecule has 19 heavy (non-hydrogen) atoms. The second-order valence-corrected chi connectivity index (χ2v) is 6.90. The highest BCUT2D eigenvalue weighted by Crippen LogP contribution is 2.34. The first-order valence-corrected chi connectivity index (χ1v) is 8.83. The topological polar surface area (TPSA) is 24.9 Å². The zero-order valence-electron chi connectivity index (χ0n) is 12.4. The maximum atomic E-state index is 4.49. The van der Waals surface area contributed by atoms with Crippen LogP contribution in [0.25, 0.3) is 0 Å². The van der Waals surface area contributed by atoms with Crippen molar-refractivity contribution in [1.82, 2.24) is 10.3 Å². The third-order valence-corrected chi connectivity index (χ3v) is 5.17. The van der Waals surface area contributed by atoms with E-state index in [0.29, 0.717) is 0 Å². The van der Waals surface area contributed by atoms with Gasteiger partial charge in [0.1, 0.15) is 0 Å². The molecule has 1 N–H and O–H groups in total. The van der Waals surface area contributed by atoms with Crippen molar-refractivity contribution in [3.63, 3.8) is 0 Å². The Bertz CT molecular complexity index is 337. The van der Waals surface area contributed by atoms with Gasteiger partial charge in [0.2, 0.25) is 0 Å². The molecule has 0 spiro atoms. The Morgan fingerprint density at radius 2 is 2.21 bits per heavy atom. The molecule has 1 aromatic rings. The van der Waals surface area contributed by atoms with Gasteiger partial charge in [-0.2, -0.15) is 0 Å². The van der Waals surface area contributed by atoms with Gasteiger partial charge in [-0.05, 0) is 44.1 Å². The summed E-state index contributed by atoms with van der Waals surface area (Å²) in [6.07, 6.45) is 11.3. The van der Waals surface area contributed by atoms with E-state index in [0.717, 1.165) is 24.4 Å². The molecule has 1 aromatic heterocycles. The minimum Gasteiger partial charge on any atom is -0.314 e. The van der Waals surface area contributed by atoms with Gasteiger partial charge in [0, 0.05) is 24.0 Å². The lowest BCUT2D eigenvalue weighted by Gasteiger charge is -2.36. The number of aromatic nitrogens is 1. The average Bonchev–Trinajstić information content (AvgIpc) is 2.91. The van der Waals surface area contributed by atoms with Gasteiger partial charge in [-0.1, -0.05) is 26.7 Å². The molecule has 0 amide bonds. The maximum Gasteiger partial charge on any atom is 0.0928 e. The fraction of sp³-hybridized carbons (Fsp3) is 0.812. The maximum absolute atomic E-state index is 4.49. The van der Waals surface area contributed by atoms with E-state index in [1.807, 2.05) is 17.5 Å². The minimum absolute atomic E-state index is 0.719. The molecule has 0 radical (unpaired) electrons. The average molecular weight is 280 g/mol. The molecule has 0 saturated heterocycles. The second kappa shape index (κ2) is 8.01. The summed E-state index contributed by atoms with van der Waals surface area (Å²) in [5.74, 6) is 1.75. The van der Waals surface area contributed by atoms with E-state index in [4.69, 9.17) is 0 Å². The van der Waals surface area contributed by atoms with Crippen molar-refractivity contribution in [2.75, 3.05) is 6.54 Å². The Kier molecular flexibility index (Phi) is 6.32. The molecule has 0 aromatic carbocycles. The van der Waals surface area contributed by atoms with E-state index < -0.39 is 0 Å². The van der Waals surface area contributed by atoms with Crippen LogP contribution >= 0.6 is 11.3 Å². The summed E-state index contributed by atoms with van der Waals surface area (Å²) < 4.78 is 0. The van der Waals surface area contributed by atoms with E-state index in [-0.39, 0.29) is 0 Å². The van der Waals surface area contributed by atoms with E-state index in [9.17, 15) is 0 Å². The Hall–Kier alpha value is -0.410. The summed E-state index contributed by atoms with van der Waals surface area (Å²) in [5, 5.41) is 7.21. The number of nitrogens with one attached hydrogen (secondary N) is 1. The lowest BCUT2D eigenvalue weighted by molar-refractivity contribution is 0.193. The Balaban J connectivity index is 1.93. The van der Waals surface area contributed by atoms with E-state index >= 15 is 0 Å². The molecule has 1 aliphatic rings. The molecular formula is C16H28N2S. The monoisotopic (exact) mass is 280 g/mol. The highest BCUT2D eigenvalue weighted by Gasteiger charge is 2.30. The fourth-order valence-corrected chi connectivity index (χ4v) is 4.14. The summed E-state index contributed by atoms with van der Waals surface area (Å²) >= 11 is 1.82. The Morgan fingerprint density at radius 3 is 2.89 bits per heavy atom. The smallest absolute Gasteiger partial charge is 0.0928 e. The van der Waals surface area contributed by atoms with Crippen molar-refractivity contribution in [3.8, 4) is 0 Å². The number of thiazole rings is 1. The molecule has 3 heteroatoms. The molecule has 1 saturated carbocycles. The Morgan fingerprint density at radius 1 is 1.32 bits per heavy atom. The number of hydrogen-bond acceptors (Lipinski definition) is 3. The van der Waals surface area contributed by atoms with Gasteiger partial charge in [0.25, 0.3) is 0 Å². The fourth-order valence-electron chi connectivity index (χ4n) is 3.43. The summed E-state index contributed by atoms with van der Waals surface area (Å²) in [4.78, 5) is 4.49. The first kappa shape index (κ1) is 15.0. The molecule has 3 atom stereocenters. The summed E-state index contributed by atoms with van der Waals surface area (Å²) in [6, 6.07) is 0.719. The van der Waals surface area contributed by atoms with Crippen LogP contribution < -0.4 is 5.32 Å². The van der Waals surface area contributed by atoms with Crippen molar-refractivity contribution in [2.45, 2.75) is 64.8 Å². The molecule has 2 nitrogen and oxygen atoms in total. The molecule has 2 rings (SSSR count). The second-order valence-electron chi connectivity index (χ2n) is 5.92. The predicted molar refractivity (Wildman–Crippen MR) is 83.6 cm³/mol. The van der Waals surface area contributed by atoms with Gasteiger partial charge >= 0.3 is 0 Å².